The minimum Gasteiger partial charge on any atom is -0.388 e. The summed E-state index contributed by atoms with van der Waals surface area (Å²) >= 11 is 11.7. The van der Waals surface area contributed by atoms with E-state index in [1.165, 1.54) is 42.5 Å². The highest BCUT2D eigenvalue weighted by Crippen LogP contribution is 2.23. The van der Waals surface area contributed by atoms with Crippen molar-refractivity contribution in [1.82, 2.24) is 9.78 Å². The molecule has 3 rings (SSSR count). The summed E-state index contributed by atoms with van der Waals surface area (Å²) in [6, 6.07) is 9.69. The summed E-state index contributed by atoms with van der Waals surface area (Å²) in [4.78, 5) is 24.1. The highest BCUT2D eigenvalue weighted by Gasteiger charge is 2.15. The van der Waals surface area contributed by atoms with Gasteiger partial charge in [0.25, 0.3) is 0 Å². The molecule has 0 atom stereocenters. The predicted molar refractivity (Wildman–Crippen MR) is 86.9 cm³/mol. The summed E-state index contributed by atoms with van der Waals surface area (Å²) in [7, 11) is 0. The van der Waals surface area contributed by atoms with Crippen LogP contribution in [0.3, 0.4) is 0 Å². The van der Waals surface area contributed by atoms with E-state index in [0.717, 1.165) is 4.68 Å². The molecule has 122 valence electrons. The van der Waals surface area contributed by atoms with Gasteiger partial charge < -0.3 is 4.42 Å². The van der Waals surface area contributed by atoms with Crippen molar-refractivity contribution < 1.29 is 13.6 Å². The van der Waals surface area contributed by atoms with Crippen molar-refractivity contribution >= 4 is 29.0 Å². The van der Waals surface area contributed by atoms with Gasteiger partial charge in [0.1, 0.15) is 12.4 Å². The summed E-state index contributed by atoms with van der Waals surface area (Å²) in [5.74, 6) is -1.59. The quantitative estimate of drug-likeness (QED) is 0.658. The molecule has 0 aliphatic heterocycles. The Kier molecular flexibility index (Phi) is 4.51. The third kappa shape index (κ3) is 3.39. The molecule has 0 unspecified atom stereocenters. The van der Waals surface area contributed by atoms with Crippen LogP contribution in [0, 0.1) is 5.82 Å². The van der Waals surface area contributed by atoms with Crippen molar-refractivity contribution in [3.05, 3.63) is 74.4 Å². The first-order valence-corrected chi connectivity index (χ1v) is 7.52. The van der Waals surface area contributed by atoms with E-state index in [4.69, 9.17) is 27.6 Å². The molecule has 0 N–H and O–H groups in total. The van der Waals surface area contributed by atoms with Crippen molar-refractivity contribution in [2.24, 2.45) is 0 Å². The normalized spacial score (nSPS) is 10.8. The number of benzene rings is 2. The minimum absolute atomic E-state index is 0.00179. The van der Waals surface area contributed by atoms with Crippen molar-refractivity contribution in [1.29, 1.82) is 0 Å². The number of halogens is 3. The summed E-state index contributed by atoms with van der Waals surface area (Å²) in [6.45, 7) is -0.318. The lowest BCUT2D eigenvalue weighted by molar-refractivity contribution is 0.0965. The van der Waals surface area contributed by atoms with Gasteiger partial charge in [0, 0.05) is 11.1 Å². The average Bonchev–Trinajstić information content (AvgIpc) is 2.91. The molecule has 5 nitrogen and oxygen atoms in total. The first kappa shape index (κ1) is 16.4. The minimum atomic E-state index is -0.789. The molecular formula is C16H9Cl2FN2O3. The summed E-state index contributed by atoms with van der Waals surface area (Å²) in [5, 5.41) is 4.51. The van der Waals surface area contributed by atoms with Gasteiger partial charge in [-0.1, -0.05) is 23.2 Å². The fraction of sp³-hybridized carbons (Fsp3) is 0.0625. The number of aromatic nitrogens is 2. The highest BCUT2D eigenvalue weighted by atomic mass is 35.5. The maximum absolute atomic E-state index is 12.9. The van der Waals surface area contributed by atoms with Gasteiger partial charge in [-0.25, -0.2) is 9.18 Å². The third-order valence-electron chi connectivity index (χ3n) is 3.23. The fourth-order valence-corrected chi connectivity index (χ4v) is 2.31. The predicted octanol–water partition coefficient (Wildman–Crippen LogP) is 3.83. The van der Waals surface area contributed by atoms with Crippen LogP contribution in [0.2, 0.25) is 10.0 Å². The second-order valence-electron chi connectivity index (χ2n) is 4.89. The lowest BCUT2D eigenvalue weighted by Gasteiger charge is -2.02. The van der Waals surface area contributed by atoms with Gasteiger partial charge in [-0.3, -0.25) is 4.79 Å². The Labute approximate surface area is 145 Å². The average molecular weight is 367 g/mol. The van der Waals surface area contributed by atoms with E-state index in [1.54, 1.807) is 0 Å². The lowest BCUT2D eigenvalue weighted by Crippen LogP contribution is -2.21. The molecule has 0 saturated carbocycles. The molecule has 0 spiro atoms. The number of carbonyl (C=O) groups excluding carboxylic acids is 1. The van der Waals surface area contributed by atoms with Gasteiger partial charge in [-0.2, -0.15) is 4.68 Å². The number of carbonyl (C=O) groups is 1. The molecule has 0 aliphatic carbocycles. The van der Waals surface area contributed by atoms with Crippen LogP contribution in [-0.4, -0.2) is 15.6 Å². The molecule has 3 aromatic rings. The Bertz CT molecular complexity index is 964. The second kappa shape index (κ2) is 6.59. The molecule has 0 aliphatic rings. The molecule has 0 saturated heterocycles. The molecular weight excluding hydrogens is 358 g/mol. The number of Topliss-reactive ketones (excluding diaryl/α,β-unsaturated/α-hetero) is 1. The van der Waals surface area contributed by atoms with Crippen LogP contribution in [0.15, 0.2) is 51.7 Å². The molecule has 1 heterocycles. The fourth-order valence-electron chi connectivity index (χ4n) is 2.01. The zero-order valence-corrected chi connectivity index (χ0v) is 13.5. The Balaban J connectivity index is 1.85. The Morgan fingerprint density at radius 3 is 2.50 bits per heavy atom. The SMILES string of the molecule is O=C(Cn1nc(-c2ccc(F)cc2)oc1=O)c1ccc(Cl)c(Cl)c1. The summed E-state index contributed by atoms with van der Waals surface area (Å²) in [5.41, 5.74) is 0.719. The van der Waals surface area contributed by atoms with Crippen molar-refractivity contribution in [3.63, 3.8) is 0 Å². The van der Waals surface area contributed by atoms with Gasteiger partial charge in [0.05, 0.1) is 10.0 Å². The summed E-state index contributed by atoms with van der Waals surface area (Å²) in [6.07, 6.45) is 0. The largest absolute Gasteiger partial charge is 0.437 e. The number of hydrogen-bond acceptors (Lipinski definition) is 4. The van der Waals surface area contributed by atoms with Crippen LogP contribution in [-0.2, 0) is 6.54 Å². The smallest absolute Gasteiger partial charge is 0.388 e. The number of ketones is 1. The van der Waals surface area contributed by atoms with Crippen molar-refractivity contribution in [2.45, 2.75) is 6.54 Å². The topological polar surface area (TPSA) is 65.1 Å². The van der Waals surface area contributed by atoms with Gasteiger partial charge >= 0.3 is 5.76 Å². The van der Waals surface area contributed by atoms with Crippen LogP contribution in [0.4, 0.5) is 4.39 Å². The van der Waals surface area contributed by atoms with Gasteiger partial charge in [0.15, 0.2) is 5.78 Å². The van der Waals surface area contributed by atoms with Gasteiger partial charge in [0.2, 0.25) is 5.89 Å². The highest BCUT2D eigenvalue weighted by molar-refractivity contribution is 6.42. The molecule has 0 fully saturated rings. The Morgan fingerprint density at radius 2 is 1.83 bits per heavy atom. The van der Waals surface area contributed by atoms with Crippen LogP contribution in [0.5, 0.6) is 0 Å². The van der Waals surface area contributed by atoms with Crippen molar-refractivity contribution in [2.75, 3.05) is 0 Å². The first-order valence-electron chi connectivity index (χ1n) is 6.76. The monoisotopic (exact) mass is 366 g/mol. The molecule has 1 aromatic heterocycles. The maximum atomic E-state index is 12.9. The summed E-state index contributed by atoms with van der Waals surface area (Å²) < 4.78 is 18.8. The van der Waals surface area contributed by atoms with E-state index in [-0.39, 0.29) is 23.2 Å². The van der Waals surface area contributed by atoms with Gasteiger partial charge in [-0.15, -0.1) is 5.10 Å². The van der Waals surface area contributed by atoms with E-state index in [1.807, 2.05) is 0 Å². The molecule has 24 heavy (non-hydrogen) atoms. The maximum Gasteiger partial charge on any atom is 0.437 e. The van der Waals surface area contributed by atoms with E-state index < -0.39 is 11.6 Å². The van der Waals surface area contributed by atoms with E-state index in [2.05, 4.69) is 5.10 Å². The second-order valence-corrected chi connectivity index (χ2v) is 5.70. The van der Waals surface area contributed by atoms with Crippen LogP contribution in [0.1, 0.15) is 10.4 Å². The van der Waals surface area contributed by atoms with E-state index in [9.17, 15) is 14.0 Å². The zero-order valence-electron chi connectivity index (χ0n) is 12.0. The molecule has 0 bridgehead atoms. The third-order valence-corrected chi connectivity index (χ3v) is 3.97. The molecule has 0 amide bonds. The number of nitrogens with zero attached hydrogens (tertiary/aromatic N) is 2. The number of rotatable bonds is 4. The lowest BCUT2D eigenvalue weighted by atomic mass is 10.1. The van der Waals surface area contributed by atoms with Gasteiger partial charge in [-0.05, 0) is 42.5 Å². The Hall–Kier alpha value is -2.44. The van der Waals surface area contributed by atoms with Crippen molar-refractivity contribution in [3.8, 4) is 11.5 Å². The van der Waals surface area contributed by atoms with Crippen LogP contribution >= 0.6 is 23.2 Å². The Morgan fingerprint density at radius 1 is 1.12 bits per heavy atom. The first-order chi connectivity index (χ1) is 11.4. The zero-order chi connectivity index (χ0) is 17.3. The molecule has 2 aromatic carbocycles. The van der Waals surface area contributed by atoms with E-state index in [0.29, 0.717) is 16.1 Å². The van der Waals surface area contributed by atoms with E-state index >= 15 is 0 Å². The molecule has 8 heteroatoms. The molecule has 0 radical (unpaired) electrons. The van der Waals surface area contributed by atoms with Crippen LogP contribution in [0.25, 0.3) is 11.5 Å². The number of hydrogen-bond donors (Lipinski definition) is 0. The van der Waals surface area contributed by atoms with Crippen LogP contribution < -0.4 is 5.76 Å². The standard InChI is InChI=1S/C16H9Cl2FN2O3/c17-12-6-3-10(7-13(12)18)14(22)8-21-16(23)24-15(20-21)9-1-4-11(19)5-2-9/h1-7H,8H2.